The average molecular weight is 331 g/mol. The minimum Gasteiger partial charge on any atom is -0.486 e. The summed E-state index contributed by atoms with van der Waals surface area (Å²) in [5.74, 6) is 1.26. The third kappa shape index (κ3) is 2.39. The van der Waals surface area contributed by atoms with Gasteiger partial charge in [0.05, 0.1) is 12.2 Å². The van der Waals surface area contributed by atoms with Crippen LogP contribution < -0.4 is 9.64 Å². The zero-order valence-electron chi connectivity index (χ0n) is 10.5. The lowest BCUT2D eigenvalue weighted by atomic mass is 10.1. The van der Waals surface area contributed by atoms with Crippen molar-refractivity contribution in [3.63, 3.8) is 0 Å². The molecule has 0 amide bonds. The van der Waals surface area contributed by atoms with Crippen LogP contribution in [-0.4, -0.2) is 23.6 Å². The Morgan fingerprint density at radius 1 is 1.30 bits per heavy atom. The predicted octanol–water partition coefficient (Wildman–Crippen LogP) is 4.01. The first-order valence-corrected chi connectivity index (χ1v) is 7.03. The Labute approximate surface area is 131 Å². The van der Waals surface area contributed by atoms with Crippen molar-refractivity contribution >= 4 is 40.6 Å². The van der Waals surface area contributed by atoms with Crippen LogP contribution in [0.5, 0.6) is 5.75 Å². The van der Waals surface area contributed by atoms with Gasteiger partial charge in [-0.05, 0) is 29.3 Å². The third-order valence-corrected chi connectivity index (χ3v) is 3.97. The number of hydrogen-bond donors (Lipinski definition) is 0. The van der Waals surface area contributed by atoms with Crippen molar-refractivity contribution in [2.24, 2.45) is 0 Å². The molecule has 0 saturated carbocycles. The van der Waals surface area contributed by atoms with Gasteiger partial charge in [0.25, 0.3) is 0 Å². The number of benzene rings is 1. The molecular weight excluding hydrogens is 321 g/mol. The standard InChI is InChI=1S/C13H10Cl3N3O/c1-19-10(8-3-2-7(14)4-9(8)15)6-20-11-5-17-13(16)18-12(11)19/h2-5,10H,6H2,1H3. The zero-order valence-corrected chi connectivity index (χ0v) is 12.7. The molecule has 1 aromatic heterocycles. The lowest BCUT2D eigenvalue weighted by Gasteiger charge is -2.35. The topological polar surface area (TPSA) is 38.2 Å². The molecule has 1 aromatic carbocycles. The normalized spacial score (nSPS) is 17.6. The first kappa shape index (κ1) is 13.7. The second-order valence-corrected chi connectivity index (χ2v) is 5.61. The molecule has 3 rings (SSSR count). The molecule has 4 nitrogen and oxygen atoms in total. The first-order chi connectivity index (χ1) is 9.56. The van der Waals surface area contributed by atoms with Crippen LogP contribution in [0.4, 0.5) is 5.82 Å². The molecule has 1 aliphatic heterocycles. The second kappa shape index (κ2) is 5.28. The van der Waals surface area contributed by atoms with Crippen LogP contribution in [-0.2, 0) is 0 Å². The Bertz CT molecular complexity index is 665. The Kier molecular flexibility index (Phi) is 3.63. The molecule has 20 heavy (non-hydrogen) atoms. The fourth-order valence-corrected chi connectivity index (χ4v) is 2.86. The van der Waals surface area contributed by atoms with Gasteiger partial charge < -0.3 is 9.64 Å². The van der Waals surface area contributed by atoms with E-state index < -0.39 is 0 Å². The maximum atomic E-state index is 6.26. The number of fused-ring (bicyclic) bond motifs is 1. The van der Waals surface area contributed by atoms with Crippen LogP contribution >= 0.6 is 34.8 Å². The maximum Gasteiger partial charge on any atom is 0.224 e. The molecule has 1 unspecified atom stereocenters. The SMILES string of the molecule is CN1c2nc(Cl)ncc2OCC1c1ccc(Cl)cc1Cl. The van der Waals surface area contributed by atoms with Crippen molar-refractivity contribution in [2.45, 2.75) is 6.04 Å². The van der Waals surface area contributed by atoms with Crippen LogP contribution in [0.2, 0.25) is 15.3 Å². The summed E-state index contributed by atoms with van der Waals surface area (Å²) < 4.78 is 5.68. The van der Waals surface area contributed by atoms with E-state index in [0.29, 0.717) is 28.2 Å². The second-order valence-electron chi connectivity index (χ2n) is 4.43. The number of hydrogen-bond acceptors (Lipinski definition) is 4. The Morgan fingerprint density at radius 2 is 2.10 bits per heavy atom. The van der Waals surface area contributed by atoms with E-state index in [9.17, 15) is 0 Å². The highest BCUT2D eigenvalue weighted by molar-refractivity contribution is 6.35. The monoisotopic (exact) mass is 329 g/mol. The number of nitrogens with zero attached hydrogens (tertiary/aromatic N) is 3. The van der Waals surface area contributed by atoms with Gasteiger partial charge in [0.2, 0.25) is 5.28 Å². The molecule has 0 spiro atoms. The number of likely N-dealkylation sites (N-methyl/N-ethyl adjacent to an activating group) is 1. The molecule has 2 aromatic rings. The summed E-state index contributed by atoms with van der Waals surface area (Å²) in [4.78, 5) is 10.1. The molecule has 7 heteroatoms. The molecule has 0 aliphatic carbocycles. The number of aromatic nitrogens is 2. The summed E-state index contributed by atoms with van der Waals surface area (Å²) in [5, 5.41) is 1.38. The average Bonchev–Trinajstić information content (AvgIpc) is 2.41. The van der Waals surface area contributed by atoms with E-state index in [2.05, 4.69) is 9.97 Å². The van der Waals surface area contributed by atoms with E-state index in [1.807, 2.05) is 18.0 Å². The molecule has 104 valence electrons. The van der Waals surface area contributed by atoms with Gasteiger partial charge >= 0.3 is 0 Å². The Hall–Kier alpha value is -1.23. The molecule has 0 N–H and O–H groups in total. The lowest BCUT2D eigenvalue weighted by molar-refractivity contribution is 0.265. The Morgan fingerprint density at radius 3 is 2.85 bits per heavy atom. The molecular formula is C13H10Cl3N3O. The molecule has 0 saturated heterocycles. The molecule has 0 bridgehead atoms. The van der Waals surface area contributed by atoms with E-state index in [1.54, 1.807) is 18.3 Å². The van der Waals surface area contributed by atoms with Crippen molar-refractivity contribution in [3.8, 4) is 5.75 Å². The van der Waals surface area contributed by atoms with Gasteiger partial charge in [-0.25, -0.2) is 4.98 Å². The van der Waals surface area contributed by atoms with Crippen molar-refractivity contribution in [3.05, 3.63) is 45.3 Å². The Balaban J connectivity index is 2.01. The zero-order chi connectivity index (χ0) is 14.3. The van der Waals surface area contributed by atoms with Crippen LogP contribution in [0.25, 0.3) is 0 Å². The summed E-state index contributed by atoms with van der Waals surface area (Å²) in [6.07, 6.45) is 1.57. The highest BCUT2D eigenvalue weighted by Crippen LogP contribution is 2.39. The largest absolute Gasteiger partial charge is 0.486 e. The number of ether oxygens (including phenoxy) is 1. The van der Waals surface area contributed by atoms with Gasteiger partial charge in [0.15, 0.2) is 11.6 Å². The van der Waals surface area contributed by atoms with E-state index in [1.165, 1.54) is 0 Å². The van der Waals surface area contributed by atoms with Crippen molar-refractivity contribution in [2.75, 3.05) is 18.6 Å². The van der Waals surface area contributed by atoms with Crippen LogP contribution in [0, 0.1) is 0 Å². The number of rotatable bonds is 1. The molecule has 1 atom stereocenters. The number of halogens is 3. The van der Waals surface area contributed by atoms with E-state index in [4.69, 9.17) is 39.5 Å². The fourth-order valence-electron chi connectivity index (χ4n) is 2.19. The smallest absolute Gasteiger partial charge is 0.224 e. The number of anilines is 1. The van der Waals surface area contributed by atoms with Crippen molar-refractivity contribution < 1.29 is 4.74 Å². The summed E-state index contributed by atoms with van der Waals surface area (Å²) in [5.41, 5.74) is 0.930. The van der Waals surface area contributed by atoms with Gasteiger partial charge in [0, 0.05) is 17.1 Å². The van der Waals surface area contributed by atoms with Crippen LogP contribution in [0.3, 0.4) is 0 Å². The predicted molar refractivity (Wildman–Crippen MR) is 80.1 cm³/mol. The lowest BCUT2D eigenvalue weighted by Crippen LogP contribution is -2.34. The highest BCUT2D eigenvalue weighted by Gasteiger charge is 2.29. The van der Waals surface area contributed by atoms with E-state index >= 15 is 0 Å². The van der Waals surface area contributed by atoms with Gasteiger partial charge in [0.1, 0.15) is 6.61 Å². The van der Waals surface area contributed by atoms with Crippen LogP contribution in [0.1, 0.15) is 11.6 Å². The molecule has 2 heterocycles. The quantitative estimate of drug-likeness (QED) is 0.741. The molecule has 1 aliphatic rings. The summed E-state index contributed by atoms with van der Waals surface area (Å²) in [6, 6.07) is 5.36. The van der Waals surface area contributed by atoms with Gasteiger partial charge in [-0.15, -0.1) is 0 Å². The van der Waals surface area contributed by atoms with Crippen LogP contribution in [0.15, 0.2) is 24.4 Å². The molecule has 0 radical (unpaired) electrons. The summed E-state index contributed by atoms with van der Waals surface area (Å²) in [7, 11) is 1.92. The van der Waals surface area contributed by atoms with Crippen molar-refractivity contribution in [1.82, 2.24) is 9.97 Å². The third-order valence-electron chi connectivity index (χ3n) is 3.23. The maximum absolute atomic E-state index is 6.26. The summed E-state index contributed by atoms with van der Waals surface area (Å²) in [6.45, 7) is 0.454. The first-order valence-electron chi connectivity index (χ1n) is 5.89. The van der Waals surface area contributed by atoms with Gasteiger partial charge in [-0.3, -0.25) is 0 Å². The van der Waals surface area contributed by atoms with Gasteiger partial charge in [-0.1, -0.05) is 29.3 Å². The summed E-state index contributed by atoms with van der Waals surface area (Å²) >= 11 is 18.0. The highest BCUT2D eigenvalue weighted by atomic mass is 35.5. The fraction of sp³-hybridized carbons (Fsp3) is 0.231. The minimum absolute atomic E-state index is 0.0572. The minimum atomic E-state index is -0.0572. The van der Waals surface area contributed by atoms with E-state index in [0.717, 1.165) is 5.56 Å². The molecule has 0 fully saturated rings. The van der Waals surface area contributed by atoms with E-state index in [-0.39, 0.29) is 11.3 Å². The van der Waals surface area contributed by atoms with Gasteiger partial charge in [-0.2, -0.15) is 4.98 Å². The van der Waals surface area contributed by atoms with Crippen molar-refractivity contribution in [1.29, 1.82) is 0 Å².